The summed E-state index contributed by atoms with van der Waals surface area (Å²) < 4.78 is 35.7. The van der Waals surface area contributed by atoms with E-state index in [4.69, 9.17) is 5.11 Å². The number of rotatable bonds is 4. The maximum atomic E-state index is 11.9. The molecule has 0 aromatic carbocycles. The number of nitrogens with zero attached hydrogens (tertiary/aromatic N) is 1. The van der Waals surface area contributed by atoms with Crippen molar-refractivity contribution in [2.24, 2.45) is 5.41 Å². The fourth-order valence-corrected chi connectivity index (χ4v) is 2.05. The molecule has 110 valence electrons. The van der Waals surface area contributed by atoms with Gasteiger partial charge in [-0.15, -0.1) is 0 Å². The summed E-state index contributed by atoms with van der Waals surface area (Å²) in [6.07, 6.45) is -3.37. The van der Waals surface area contributed by atoms with E-state index in [9.17, 15) is 22.8 Å². The second-order valence-corrected chi connectivity index (χ2v) is 5.00. The highest BCUT2D eigenvalue weighted by Gasteiger charge is 2.39. The Labute approximate surface area is 108 Å². The first kappa shape index (κ1) is 15.7. The molecule has 1 amide bonds. The number of alkyl halides is 3. The van der Waals surface area contributed by atoms with Crippen LogP contribution in [0.3, 0.4) is 0 Å². The Balaban J connectivity index is 2.47. The Morgan fingerprint density at radius 3 is 2.58 bits per heavy atom. The van der Waals surface area contributed by atoms with Gasteiger partial charge in [-0.05, 0) is 19.8 Å². The molecule has 0 spiro atoms. The lowest BCUT2D eigenvalue weighted by Gasteiger charge is -2.37. The van der Waals surface area contributed by atoms with Crippen molar-refractivity contribution in [3.05, 3.63) is 0 Å². The smallest absolute Gasteiger partial charge is 0.401 e. The predicted molar refractivity (Wildman–Crippen MR) is 60.5 cm³/mol. The molecule has 1 heterocycles. The Bertz CT molecular complexity index is 360. The third-order valence-electron chi connectivity index (χ3n) is 3.17. The average molecular weight is 282 g/mol. The van der Waals surface area contributed by atoms with Gasteiger partial charge in [0.05, 0.1) is 18.5 Å². The number of carbonyl (C=O) groups excluding carboxylic acids is 1. The Morgan fingerprint density at radius 1 is 1.42 bits per heavy atom. The molecule has 0 saturated carbocycles. The van der Waals surface area contributed by atoms with Crippen LogP contribution < -0.4 is 5.32 Å². The van der Waals surface area contributed by atoms with E-state index in [1.165, 1.54) is 11.8 Å². The molecule has 2 N–H and O–H groups in total. The summed E-state index contributed by atoms with van der Waals surface area (Å²) in [4.78, 5) is 24.1. The second kappa shape index (κ2) is 5.77. The van der Waals surface area contributed by atoms with Crippen molar-refractivity contribution in [3.8, 4) is 0 Å². The van der Waals surface area contributed by atoms with Gasteiger partial charge in [0.1, 0.15) is 0 Å². The molecule has 1 atom stereocenters. The molecule has 1 aliphatic heterocycles. The zero-order valence-corrected chi connectivity index (χ0v) is 10.6. The minimum atomic E-state index is -4.36. The first-order valence-corrected chi connectivity index (χ1v) is 5.93. The monoisotopic (exact) mass is 282 g/mol. The lowest BCUT2D eigenvalue weighted by molar-refractivity contribution is -0.153. The van der Waals surface area contributed by atoms with Gasteiger partial charge in [-0.25, -0.2) is 0 Å². The molecule has 0 aromatic rings. The molecule has 0 bridgehead atoms. The highest BCUT2D eigenvalue weighted by molar-refractivity contribution is 5.80. The molecule has 1 unspecified atom stereocenters. The fraction of sp³-hybridized carbons (Fsp3) is 0.818. The van der Waals surface area contributed by atoms with Crippen LogP contribution in [0, 0.1) is 5.41 Å². The summed E-state index contributed by atoms with van der Waals surface area (Å²) >= 11 is 0. The van der Waals surface area contributed by atoms with E-state index in [-0.39, 0.29) is 6.54 Å². The highest BCUT2D eigenvalue weighted by atomic mass is 19.4. The van der Waals surface area contributed by atoms with Crippen LogP contribution in [0.15, 0.2) is 0 Å². The standard InChI is InChI=1S/C11H17F3N2O3/c1-10(9(18)19)3-2-4-16(7-10)8(17)5-15-6-11(12,13)14/h15H,2-7H2,1H3,(H,18,19). The first-order chi connectivity index (χ1) is 8.64. The van der Waals surface area contributed by atoms with E-state index in [0.717, 1.165) is 0 Å². The second-order valence-electron chi connectivity index (χ2n) is 5.00. The van der Waals surface area contributed by atoms with Crippen LogP contribution in [0.2, 0.25) is 0 Å². The molecule has 1 rings (SSSR count). The van der Waals surface area contributed by atoms with E-state index >= 15 is 0 Å². The third kappa shape index (κ3) is 4.70. The van der Waals surface area contributed by atoms with Crippen molar-refractivity contribution in [2.75, 3.05) is 26.2 Å². The van der Waals surface area contributed by atoms with Gasteiger partial charge in [-0.2, -0.15) is 13.2 Å². The topological polar surface area (TPSA) is 69.6 Å². The summed E-state index contributed by atoms with van der Waals surface area (Å²) in [5, 5.41) is 11.1. The van der Waals surface area contributed by atoms with Gasteiger partial charge in [-0.1, -0.05) is 0 Å². The van der Waals surface area contributed by atoms with E-state index in [1.807, 2.05) is 5.32 Å². The molecule has 0 radical (unpaired) electrons. The SMILES string of the molecule is CC1(C(=O)O)CCCN(C(=O)CNCC(F)(F)F)C1. The number of hydrogen-bond acceptors (Lipinski definition) is 3. The molecule has 1 saturated heterocycles. The minimum absolute atomic E-state index is 0.0366. The number of carbonyl (C=O) groups is 2. The third-order valence-corrected chi connectivity index (χ3v) is 3.17. The van der Waals surface area contributed by atoms with Crippen LogP contribution in [0.1, 0.15) is 19.8 Å². The average Bonchev–Trinajstić information content (AvgIpc) is 2.27. The lowest BCUT2D eigenvalue weighted by Crippen LogP contribution is -2.51. The van der Waals surface area contributed by atoms with Crippen LogP contribution in [-0.4, -0.2) is 54.2 Å². The van der Waals surface area contributed by atoms with Crippen molar-refractivity contribution >= 4 is 11.9 Å². The van der Waals surface area contributed by atoms with Crippen molar-refractivity contribution in [2.45, 2.75) is 25.9 Å². The largest absolute Gasteiger partial charge is 0.481 e. The van der Waals surface area contributed by atoms with Gasteiger partial charge >= 0.3 is 12.1 Å². The van der Waals surface area contributed by atoms with Gasteiger partial charge in [-0.3, -0.25) is 9.59 Å². The molecule has 8 heteroatoms. The molecule has 5 nitrogen and oxygen atoms in total. The Hall–Kier alpha value is -1.31. The first-order valence-electron chi connectivity index (χ1n) is 5.93. The van der Waals surface area contributed by atoms with Crippen LogP contribution in [0.5, 0.6) is 0 Å². The lowest BCUT2D eigenvalue weighted by atomic mass is 9.82. The van der Waals surface area contributed by atoms with Gasteiger partial charge in [0.25, 0.3) is 0 Å². The van der Waals surface area contributed by atoms with Crippen LogP contribution >= 0.6 is 0 Å². The number of halogens is 3. The predicted octanol–water partition coefficient (Wildman–Crippen LogP) is 0.852. The summed E-state index contributed by atoms with van der Waals surface area (Å²) in [6.45, 7) is 0.292. The number of piperidine rings is 1. The van der Waals surface area contributed by atoms with Crippen molar-refractivity contribution < 1.29 is 27.9 Å². The number of nitrogens with one attached hydrogen (secondary N) is 1. The molecular weight excluding hydrogens is 265 g/mol. The Kier molecular flexibility index (Phi) is 4.78. The molecule has 19 heavy (non-hydrogen) atoms. The number of hydrogen-bond donors (Lipinski definition) is 2. The van der Waals surface area contributed by atoms with Crippen molar-refractivity contribution in [1.29, 1.82) is 0 Å². The summed E-state index contributed by atoms with van der Waals surface area (Å²) in [7, 11) is 0. The van der Waals surface area contributed by atoms with E-state index in [2.05, 4.69) is 0 Å². The Morgan fingerprint density at radius 2 is 2.05 bits per heavy atom. The normalized spacial score (nSPS) is 24.3. The van der Waals surface area contributed by atoms with Crippen LogP contribution in [-0.2, 0) is 9.59 Å². The summed E-state index contributed by atoms with van der Waals surface area (Å²) in [5.74, 6) is -1.50. The van der Waals surface area contributed by atoms with Crippen molar-refractivity contribution in [1.82, 2.24) is 10.2 Å². The minimum Gasteiger partial charge on any atom is -0.481 e. The fourth-order valence-electron chi connectivity index (χ4n) is 2.05. The van der Waals surface area contributed by atoms with Crippen LogP contribution in [0.4, 0.5) is 13.2 Å². The number of carboxylic acid groups (broad SMARTS) is 1. The van der Waals surface area contributed by atoms with E-state index < -0.39 is 36.6 Å². The number of amides is 1. The van der Waals surface area contributed by atoms with Gasteiger partial charge in [0.15, 0.2) is 0 Å². The van der Waals surface area contributed by atoms with E-state index in [1.54, 1.807) is 0 Å². The quantitative estimate of drug-likeness (QED) is 0.802. The molecule has 1 fully saturated rings. The van der Waals surface area contributed by atoms with Gasteiger partial charge in [0.2, 0.25) is 5.91 Å². The van der Waals surface area contributed by atoms with E-state index in [0.29, 0.717) is 19.4 Å². The van der Waals surface area contributed by atoms with Gasteiger partial charge < -0.3 is 15.3 Å². The summed E-state index contributed by atoms with van der Waals surface area (Å²) in [6, 6.07) is 0. The number of carboxylic acids is 1. The molecule has 1 aliphatic rings. The zero-order chi connectivity index (χ0) is 14.7. The zero-order valence-electron chi connectivity index (χ0n) is 10.6. The number of aliphatic carboxylic acids is 1. The summed E-state index contributed by atoms with van der Waals surface area (Å²) in [5.41, 5.74) is -1.02. The molecule has 0 aromatic heterocycles. The molecular formula is C11H17F3N2O3. The molecule has 0 aliphatic carbocycles. The maximum Gasteiger partial charge on any atom is 0.401 e. The van der Waals surface area contributed by atoms with Crippen LogP contribution in [0.25, 0.3) is 0 Å². The maximum absolute atomic E-state index is 11.9. The van der Waals surface area contributed by atoms with Crippen molar-refractivity contribution in [3.63, 3.8) is 0 Å². The van der Waals surface area contributed by atoms with Gasteiger partial charge in [0, 0.05) is 13.1 Å². The highest BCUT2D eigenvalue weighted by Crippen LogP contribution is 2.29. The number of likely N-dealkylation sites (tertiary alicyclic amines) is 1.